The van der Waals surface area contributed by atoms with E-state index in [0.717, 1.165) is 5.56 Å². The van der Waals surface area contributed by atoms with E-state index >= 15 is 0 Å². The number of hydrogen-bond acceptors (Lipinski definition) is 2. The maximum absolute atomic E-state index is 8.92. The summed E-state index contributed by atoms with van der Waals surface area (Å²) < 4.78 is 5.08. The summed E-state index contributed by atoms with van der Waals surface area (Å²) in [6.45, 7) is 2.06. The first-order chi connectivity index (χ1) is 5.77. The van der Waals surface area contributed by atoms with E-state index in [1.165, 1.54) is 5.56 Å². The first-order valence-electron chi connectivity index (χ1n) is 3.98. The molecule has 0 aliphatic rings. The van der Waals surface area contributed by atoms with Crippen LogP contribution in [0.4, 0.5) is 0 Å². The minimum Gasteiger partial charge on any atom is -0.393 e. The van der Waals surface area contributed by atoms with Gasteiger partial charge in [0.1, 0.15) is 6.10 Å². The average Bonchev–Trinajstić information content (AvgIpc) is 2.10. The lowest BCUT2D eigenvalue weighted by Gasteiger charge is -2.12. The summed E-state index contributed by atoms with van der Waals surface area (Å²) in [7, 11) is 1.60. The van der Waals surface area contributed by atoms with Gasteiger partial charge in [0.15, 0.2) is 0 Å². The molecular formula is C10H14O2. The smallest absolute Gasteiger partial charge is 0.105 e. The van der Waals surface area contributed by atoms with Crippen LogP contribution in [0.1, 0.15) is 17.2 Å². The third-order valence-corrected chi connectivity index (χ3v) is 1.90. The molecular weight excluding hydrogens is 152 g/mol. The molecule has 1 aromatic rings. The van der Waals surface area contributed by atoms with E-state index in [4.69, 9.17) is 9.84 Å². The van der Waals surface area contributed by atoms with Crippen LogP contribution in [-0.2, 0) is 4.74 Å². The summed E-state index contributed by atoms with van der Waals surface area (Å²) in [5.74, 6) is 0. The first-order valence-corrected chi connectivity index (χ1v) is 3.98. The lowest BCUT2D eigenvalue weighted by atomic mass is 10.1. The van der Waals surface area contributed by atoms with Crippen molar-refractivity contribution >= 4 is 0 Å². The van der Waals surface area contributed by atoms with Crippen LogP contribution < -0.4 is 0 Å². The number of aliphatic hydroxyl groups excluding tert-OH is 1. The lowest BCUT2D eigenvalue weighted by molar-refractivity contribution is 0.0484. The number of ether oxygens (including phenoxy) is 1. The minimum absolute atomic E-state index is 0.0273. The molecule has 1 aromatic carbocycles. The number of benzene rings is 1. The zero-order valence-corrected chi connectivity index (χ0v) is 7.45. The highest BCUT2D eigenvalue weighted by molar-refractivity contribution is 5.23. The van der Waals surface area contributed by atoms with Gasteiger partial charge in [-0.25, -0.2) is 0 Å². The number of methoxy groups -OCH3 is 1. The highest BCUT2D eigenvalue weighted by atomic mass is 16.5. The summed E-state index contributed by atoms with van der Waals surface area (Å²) in [5.41, 5.74) is 2.23. The Morgan fingerprint density at radius 2 is 1.92 bits per heavy atom. The summed E-state index contributed by atoms with van der Waals surface area (Å²) in [6, 6.07) is 7.97. The topological polar surface area (TPSA) is 29.5 Å². The van der Waals surface area contributed by atoms with Crippen molar-refractivity contribution in [1.82, 2.24) is 0 Å². The van der Waals surface area contributed by atoms with E-state index in [1.54, 1.807) is 7.11 Å². The lowest BCUT2D eigenvalue weighted by Crippen LogP contribution is -2.05. The second kappa shape index (κ2) is 4.24. The van der Waals surface area contributed by atoms with Gasteiger partial charge in [-0.15, -0.1) is 0 Å². The van der Waals surface area contributed by atoms with E-state index in [-0.39, 0.29) is 12.7 Å². The molecule has 0 saturated heterocycles. The molecule has 0 saturated carbocycles. The maximum atomic E-state index is 8.92. The van der Waals surface area contributed by atoms with Crippen molar-refractivity contribution in [2.24, 2.45) is 0 Å². The van der Waals surface area contributed by atoms with Gasteiger partial charge in [0, 0.05) is 7.11 Å². The van der Waals surface area contributed by atoms with Crippen molar-refractivity contribution in [1.29, 1.82) is 0 Å². The normalized spacial score (nSPS) is 12.9. The standard InChI is InChI=1S/C10H14O2/c1-8-3-5-9(6-4-8)10(7-11)12-2/h3-6,10-11H,7H2,1-2H3/t10-/m1/s1. The van der Waals surface area contributed by atoms with Crippen molar-refractivity contribution in [2.75, 3.05) is 13.7 Å². The fourth-order valence-electron chi connectivity index (χ4n) is 1.10. The third kappa shape index (κ3) is 2.06. The predicted octanol–water partition coefficient (Wildman–Crippen LogP) is 1.67. The van der Waals surface area contributed by atoms with Crippen molar-refractivity contribution in [2.45, 2.75) is 13.0 Å². The molecule has 0 heterocycles. The van der Waals surface area contributed by atoms with Crippen LogP contribution in [0.25, 0.3) is 0 Å². The minimum atomic E-state index is -0.189. The average molecular weight is 166 g/mol. The van der Waals surface area contributed by atoms with Crippen molar-refractivity contribution in [3.63, 3.8) is 0 Å². The second-order valence-electron chi connectivity index (χ2n) is 2.82. The molecule has 66 valence electrons. The molecule has 0 spiro atoms. The number of aryl methyl sites for hydroxylation is 1. The van der Waals surface area contributed by atoms with Crippen LogP contribution in [0, 0.1) is 6.92 Å². The van der Waals surface area contributed by atoms with Gasteiger partial charge in [0.05, 0.1) is 6.61 Å². The van der Waals surface area contributed by atoms with Gasteiger partial charge in [-0.3, -0.25) is 0 Å². The fraction of sp³-hybridized carbons (Fsp3) is 0.400. The Bertz CT molecular complexity index is 224. The van der Waals surface area contributed by atoms with E-state index < -0.39 is 0 Å². The van der Waals surface area contributed by atoms with Crippen LogP contribution in [0.5, 0.6) is 0 Å². The molecule has 0 unspecified atom stereocenters. The van der Waals surface area contributed by atoms with Crippen LogP contribution >= 0.6 is 0 Å². The van der Waals surface area contributed by atoms with Gasteiger partial charge in [0.25, 0.3) is 0 Å². The molecule has 0 radical (unpaired) electrons. The van der Waals surface area contributed by atoms with Gasteiger partial charge < -0.3 is 9.84 Å². The Morgan fingerprint density at radius 1 is 1.33 bits per heavy atom. The highest BCUT2D eigenvalue weighted by Crippen LogP contribution is 2.15. The molecule has 0 bridgehead atoms. The zero-order valence-electron chi connectivity index (χ0n) is 7.45. The van der Waals surface area contributed by atoms with Crippen LogP contribution in [0.2, 0.25) is 0 Å². The molecule has 0 fully saturated rings. The molecule has 0 aliphatic heterocycles. The Hall–Kier alpha value is -0.860. The van der Waals surface area contributed by atoms with Crippen molar-refractivity contribution in [3.05, 3.63) is 35.4 Å². The zero-order chi connectivity index (χ0) is 8.97. The van der Waals surface area contributed by atoms with Gasteiger partial charge in [0.2, 0.25) is 0 Å². The van der Waals surface area contributed by atoms with Crippen LogP contribution in [0.15, 0.2) is 24.3 Å². The van der Waals surface area contributed by atoms with E-state index in [2.05, 4.69) is 0 Å². The van der Waals surface area contributed by atoms with Gasteiger partial charge in [-0.05, 0) is 12.5 Å². The Balaban J connectivity index is 2.80. The Morgan fingerprint density at radius 3 is 2.33 bits per heavy atom. The molecule has 2 nitrogen and oxygen atoms in total. The van der Waals surface area contributed by atoms with Crippen molar-refractivity contribution in [3.8, 4) is 0 Å². The number of hydrogen-bond donors (Lipinski definition) is 1. The first kappa shape index (κ1) is 9.23. The Kier molecular flexibility index (Phi) is 3.26. The third-order valence-electron chi connectivity index (χ3n) is 1.90. The van der Waals surface area contributed by atoms with Crippen LogP contribution in [-0.4, -0.2) is 18.8 Å². The number of rotatable bonds is 3. The summed E-state index contributed by atoms with van der Waals surface area (Å²) >= 11 is 0. The second-order valence-corrected chi connectivity index (χ2v) is 2.82. The van der Waals surface area contributed by atoms with Crippen molar-refractivity contribution < 1.29 is 9.84 Å². The SMILES string of the molecule is CO[C@H](CO)c1ccc(C)cc1. The molecule has 0 aromatic heterocycles. The van der Waals surface area contributed by atoms with E-state index in [9.17, 15) is 0 Å². The predicted molar refractivity (Wildman–Crippen MR) is 48.0 cm³/mol. The summed E-state index contributed by atoms with van der Waals surface area (Å²) in [6.07, 6.45) is -0.189. The quantitative estimate of drug-likeness (QED) is 0.740. The van der Waals surface area contributed by atoms with Gasteiger partial charge in [-0.2, -0.15) is 0 Å². The van der Waals surface area contributed by atoms with Gasteiger partial charge in [-0.1, -0.05) is 29.8 Å². The largest absolute Gasteiger partial charge is 0.393 e. The van der Waals surface area contributed by atoms with Crippen LogP contribution in [0.3, 0.4) is 0 Å². The summed E-state index contributed by atoms with van der Waals surface area (Å²) in [4.78, 5) is 0. The molecule has 1 rings (SSSR count). The highest BCUT2D eigenvalue weighted by Gasteiger charge is 2.06. The molecule has 0 aliphatic carbocycles. The van der Waals surface area contributed by atoms with E-state index in [1.807, 2.05) is 31.2 Å². The maximum Gasteiger partial charge on any atom is 0.105 e. The molecule has 0 amide bonds. The molecule has 2 heteroatoms. The number of aliphatic hydroxyl groups is 1. The fourth-order valence-corrected chi connectivity index (χ4v) is 1.10. The van der Waals surface area contributed by atoms with E-state index in [0.29, 0.717) is 0 Å². The Labute approximate surface area is 72.8 Å². The molecule has 1 N–H and O–H groups in total. The molecule has 1 atom stereocenters. The summed E-state index contributed by atoms with van der Waals surface area (Å²) in [5, 5.41) is 8.92. The monoisotopic (exact) mass is 166 g/mol. The molecule has 12 heavy (non-hydrogen) atoms. The van der Waals surface area contributed by atoms with Gasteiger partial charge >= 0.3 is 0 Å².